The third-order valence-corrected chi connectivity index (χ3v) is 5.07. The Morgan fingerprint density at radius 3 is 2.70 bits per heavy atom. The second-order valence-corrected chi connectivity index (χ2v) is 7.04. The molecule has 0 bridgehead atoms. The van der Waals surface area contributed by atoms with Crippen LogP contribution in [0.4, 0.5) is 11.4 Å². The summed E-state index contributed by atoms with van der Waals surface area (Å²) in [5.41, 5.74) is 0.0206. The minimum absolute atomic E-state index is 0.0228. The van der Waals surface area contributed by atoms with E-state index in [0.29, 0.717) is 0 Å². The number of nitro benzene ring substituents is 1. The number of aromatic carboxylic acids is 1. The zero-order valence-electron chi connectivity index (χ0n) is 15.4. The number of hydrogen-bond acceptors (Lipinski definition) is 7. The molecular formula is C20H15N3O6S. The van der Waals surface area contributed by atoms with Gasteiger partial charge in [0, 0.05) is 24.2 Å². The maximum absolute atomic E-state index is 12.8. The van der Waals surface area contributed by atoms with Gasteiger partial charge < -0.3 is 10.2 Å². The molecule has 2 aromatic carbocycles. The fourth-order valence-corrected chi connectivity index (χ4v) is 3.64. The molecule has 0 spiro atoms. The smallest absolute Gasteiger partial charge is 0.337 e. The molecule has 1 aliphatic heterocycles. The second kappa shape index (κ2) is 8.62. The molecule has 0 saturated carbocycles. The first-order valence-electron chi connectivity index (χ1n) is 8.52. The van der Waals surface area contributed by atoms with Crippen LogP contribution in [-0.4, -0.2) is 43.6 Å². The second-order valence-electron chi connectivity index (χ2n) is 6.03. The average molecular weight is 425 g/mol. The summed E-state index contributed by atoms with van der Waals surface area (Å²) in [7, 11) is 0. The first-order valence-corrected chi connectivity index (χ1v) is 9.34. The number of amides is 1. The lowest BCUT2D eigenvalue weighted by atomic mass is 10.1. The Morgan fingerprint density at radius 1 is 1.30 bits per heavy atom. The van der Waals surface area contributed by atoms with Gasteiger partial charge in [-0.25, -0.2) is 9.79 Å². The number of aliphatic imine (C=N–C) groups is 1. The SMILES string of the molecule is C=CCN1C(=O)/C(=C/c2cc([N+](=O)[O-])ccc2O)SC1=Nc1ccccc1C(=O)O. The third kappa shape index (κ3) is 4.23. The van der Waals surface area contributed by atoms with Crippen LogP contribution in [0.2, 0.25) is 0 Å². The number of para-hydroxylation sites is 1. The van der Waals surface area contributed by atoms with Crippen LogP contribution < -0.4 is 0 Å². The van der Waals surface area contributed by atoms with Gasteiger partial charge >= 0.3 is 5.97 Å². The summed E-state index contributed by atoms with van der Waals surface area (Å²) < 4.78 is 0. The molecule has 0 atom stereocenters. The Bertz CT molecular complexity index is 1130. The normalized spacial score (nSPS) is 16.3. The van der Waals surface area contributed by atoms with E-state index in [4.69, 9.17) is 0 Å². The molecule has 1 saturated heterocycles. The van der Waals surface area contributed by atoms with E-state index in [2.05, 4.69) is 11.6 Å². The highest BCUT2D eigenvalue weighted by molar-refractivity contribution is 8.18. The Hall–Kier alpha value is -3.92. The predicted octanol–water partition coefficient (Wildman–Crippen LogP) is 3.79. The van der Waals surface area contributed by atoms with Gasteiger partial charge in [0.2, 0.25) is 0 Å². The molecule has 30 heavy (non-hydrogen) atoms. The van der Waals surface area contributed by atoms with Crippen LogP contribution in [0.5, 0.6) is 5.75 Å². The van der Waals surface area contributed by atoms with Crippen molar-refractivity contribution in [1.82, 2.24) is 4.90 Å². The van der Waals surface area contributed by atoms with E-state index in [1.807, 2.05) is 0 Å². The number of phenols is 1. The summed E-state index contributed by atoms with van der Waals surface area (Å²) in [5.74, 6) is -1.83. The summed E-state index contributed by atoms with van der Waals surface area (Å²) in [4.78, 5) is 40.4. The van der Waals surface area contributed by atoms with Crippen LogP contribution in [0.15, 0.2) is 65.0 Å². The number of hydrogen-bond donors (Lipinski definition) is 2. The number of carbonyl (C=O) groups is 2. The van der Waals surface area contributed by atoms with Crippen molar-refractivity contribution in [2.45, 2.75) is 0 Å². The summed E-state index contributed by atoms with van der Waals surface area (Å²) >= 11 is 0.966. The van der Waals surface area contributed by atoms with Gasteiger partial charge in [-0.05, 0) is 36.0 Å². The van der Waals surface area contributed by atoms with Crippen molar-refractivity contribution >= 4 is 46.3 Å². The van der Waals surface area contributed by atoms with E-state index < -0.39 is 16.8 Å². The lowest BCUT2D eigenvalue weighted by Crippen LogP contribution is -2.29. The molecule has 0 aromatic heterocycles. The van der Waals surface area contributed by atoms with Gasteiger partial charge in [-0.15, -0.1) is 6.58 Å². The molecule has 1 fully saturated rings. The third-order valence-electron chi connectivity index (χ3n) is 4.06. The highest BCUT2D eigenvalue weighted by Crippen LogP contribution is 2.36. The van der Waals surface area contributed by atoms with Crippen molar-refractivity contribution in [1.29, 1.82) is 0 Å². The first-order chi connectivity index (χ1) is 14.3. The van der Waals surface area contributed by atoms with Crippen molar-refractivity contribution in [2.75, 3.05) is 6.54 Å². The van der Waals surface area contributed by atoms with E-state index in [1.54, 1.807) is 12.1 Å². The highest BCUT2D eigenvalue weighted by atomic mass is 32.2. The van der Waals surface area contributed by atoms with Crippen molar-refractivity contribution in [3.63, 3.8) is 0 Å². The molecule has 1 heterocycles. The van der Waals surface area contributed by atoms with Gasteiger partial charge in [-0.3, -0.25) is 19.8 Å². The first kappa shape index (κ1) is 20.8. The van der Waals surface area contributed by atoms with E-state index in [-0.39, 0.29) is 44.9 Å². The minimum Gasteiger partial charge on any atom is -0.507 e. The van der Waals surface area contributed by atoms with Crippen molar-refractivity contribution in [3.05, 3.63) is 81.3 Å². The van der Waals surface area contributed by atoms with Gasteiger partial charge in [0.1, 0.15) is 5.75 Å². The lowest BCUT2D eigenvalue weighted by molar-refractivity contribution is -0.384. The Balaban J connectivity index is 2.05. The van der Waals surface area contributed by atoms with E-state index in [0.717, 1.165) is 23.9 Å². The number of amidine groups is 1. The maximum Gasteiger partial charge on any atom is 0.337 e. The molecular weight excluding hydrogens is 410 g/mol. The molecule has 0 unspecified atom stereocenters. The van der Waals surface area contributed by atoms with Crippen molar-refractivity contribution < 1.29 is 24.7 Å². The number of thioether (sulfide) groups is 1. The fraction of sp³-hybridized carbons (Fsp3) is 0.0500. The van der Waals surface area contributed by atoms with Gasteiger partial charge in [-0.2, -0.15) is 0 Å². The molecule has 1 aliphatic rings. The van der Waals surface area contributed by atoms with Gasteiger partial charge in [0.15, 0.2) is 5.17 Å². The van der Waals surface area contributed by atoms with Crippen LogP contribution in [0.25, 0.3) is 6.08 Å². The van der Waals surface area contributed by atoms with Crippen LogP contribution in [0.1, 0.15) is 15.9 Å². The molecule has 152 valence electrons. The standard InChI is InChI=1S/C20H15N3O6S/c1-2-9-22-18(25)17(11-12-10-13(23(28)29)7-8-16(12)24)30-20(22)21-15-6-4-3-5-14(15)19(26)27/h2-8,10-11,24H,1,9H2,(H,26,27)/b17-11-,21-20?. The number of rotatable bonds is 6. The Morgan fingerprint density at radius 2 is 2.03 bits per heavy atom. The van der Waals surface area contributed by atoms with E-state index >= 15 is 0 Å². The molecule has 2 aromatic rings. The molecule has 9 nitrogen and oxygen atoms in total. The van der Waals surface area contributed by atoms with Crippen molar-refractivity contribution in [3.8, 4) is 5.75 Å². The quantitative estimate of drug-likeness (QED) is 0.311. The topological polar surface area (TPSA) is 133 Å². The number of aromatic hydroxyl groups is 1. The highest BCUT2D eigenvalue weighted by Gasteiger charge is 2.33. The number of nitrogens with zero attached hydrogens (tertiary/aromatic N) is 3. The summed E-state index contributed by atoms with van der Waals surface area (Å²) in [6, 6.07) is 9.60. The van der Waals surface area contributed by atoms with Gasteiger partial charge in [-0.1, -0.05) is 18.2 Å². The lowest BCUT2D eigenvalue weighted by Gasteiger charge is -2.13. The summed E-state index contributed by atoms with van der Waals surface area (Å²) in [6.45, 7) is 3.74. The van der Waals surface area contributed by atoms with E-state index in [1.165, 1.54) is 35.3 Å². The van der Waals surface area contributed by atoms with Gasteiger partial charge in [0.05, 0.1) is 21.1 Å². The maximum atomic E-state index is 12.8. The number of nitro groups is 1. The Labute approximate surface area is 174 Å². The number of carboxylic acid groups (broad SMARTS) is 1. The zero-order chi connectivity index (χ0) is 21.8. The largest absolute Gasteiger partial charge is 0.507 e. The number of non-ortho nitro benzene ring substituents is 1. The molecule has 10 heteroatoms. The summed E-state index contributed by atoms with van der Waals surface area (Å²) in [5, 5.41) is 30.6. The van der Waals surface area contributed by atoms with E-state index in [9.17, 15) is 29.9 Å². The van der Waals surface area contributed by atoms with Crippen LogP contribution in [-0.2, 0) is 4.79 Å². The minimum atomic E-state index is -1.16. The molecule has 3 rings (SSSR count). The predicted molar refractivity (Wildman–Crippen MR) is 113 cm³/mol. The zero-order valence-corrected chi connectivity index (χ0v) is 16.2. The number of carbonyl (C=O) groups excluding carboxylic acids is 1. The monoisotopic (exact) mass is 425 g/mol. The summed E-state index contributed by atoms with van der Waals surface area (Å²) in [6.07, 6.45) is 2.82. The van der Waals surface area contributed by atoms with Crippen LogP contribution in [0.3, 0.4) is 0 Å². The molecule has 2 N–H and O–H groups in total. The molecule has 1 amide bonds. The molecule has 0 aliphatic carbocycles. The van der Waals surface area contributed by atoms with Crippen LogP contribution >= 0.6 is 11.8 Å². The Kier molecular flexibility index (Phi) is 5.98. The molecule has 0 radical (unpaired) electrons. The van der Waals surface area contributed by atoms with Crippen molar-refractivity contribution in [2.24, 2.45) is 4.99 Å². The van der Waals surface area contributed by atoms with Crippen LogP contribution in [0, 0.1) is 10.1 Å². The fourth-order valence-electron chi connectivity index (χ4n) is 2.65. The average Bonchev–Trinajstić information content (AvgIpc) is 2.99. The number of benzene rings is 2. The number of carboxylic acids is 1. The number of phenolic OH excluding ortho intramolecular Hbond substituents is 1. The van der Waals surface area contributed by atoms with Gasteiger partial charge in [0.25, 0.3) is 11.6 Å².